The van der Waals surface area contributed by atoms with E-state index in [0.717, 1.165) is 16.9 Å². The van der Waals surface area contributed by atoms with Crippen molar-refractivity contribution >= 4 is 11.6 Å². The number of nitrogens with zero attached hydrogens (tertiary/aromatic N) is 3. The number of benzene rings is 2. The summed E-state index contributed by atoms with van der Waals surface area (Å²) in [5.74, 6) is 1.49. The summed E-state index contributed by atoms with van der Waals surface area (Å²) in [5, 5.41) is 11.7. The van der Waals surface area contributed by atoms with Crippen LogP contribution in [0.4, 0.5) is 0 Å². The summed E-state index contributed by atoms with van der Waals surface area (Å²) in [6.45, 7) is 4.17. The summed E-state index contributed by atoms with van der Waals surface area (Å²) < 4.78 is 19.2. The Balaban J connectivity index is 0.00000380. The first kappa shape index (κ1) is 27.6. The van der Waals surface area contributed by atoms with Gasteiger partial charge in [0, 0.05) is 11.8 Å². The zero-order valence-electron chi connectivity index (χ0n) is 20.7. The van der Waals surface area contributed by atoms with Gasteiger partial charge in [0.15, 0.2) is 11.6 Å². The molecular weight excluding hydrogens is 470 g/mol. The van der Waals surface area contributed by atoms with Crippen LogP contribution in [0.2, 0.25) is 0 Å². The van der Waals surface area contributed by atoms with E-state index >= 15 is 0 Å². The zero-order chi connectivity index (χ0) is 25.5. The molecule has 9 nitrogen and oxygen atoms in total. The highest BCUT2D eigenvalue weighted by atomic mass is 16.5. The lowest BCUT2D eigenvalue weighted by Gasteiger charge is -2.23. The number of carbonyl (C=O) groups is 1. The number of hydrogen-bond acceptors (Lipinski definition) is 7. The predicted molar refractivity (Wildman–Crippen MR) is 142 cm³/mol. The van der Waals surface area contributed by atoms with Crippen LogP contribution < -0.4 is 20.5 Å². The maximum Gasteiger partial charge on any atom is 0.240 e. The molecule has 2 heterocycles. The minimum Gasteiger partial charge on any atom is -0.496 e. The number of ether oxygens (including phenoxy) is 3. The molecule has 0 saturated carbocycles. The minimum atomic E-state index is -1.07. The molecule has 0 saturated heterocycles. The molecule has 0 bridgehead atoms. The molecule has 0 radical (unpaired) electrons. The molecular formula is C28H35N5O4. The largest absolute Gasteiger partial charge is 0.496 e. The molecule has 0 aliphatic heterocycles. The fourth-order valence-corrected chi connectivity index (χ4v) is 3.63. The Kier molecular flexibility index (Phi) is 9.21. The number of amides is 1. The van der Waals surface area contributed by atoms with Crippen LogP contribution in [-0.4, -0.2) is 39.8 Å². The first-order valence-electron chi connectivity index (χ1n) is 11.7. The number of rotatable bonds is 11. The lowest BCUT2D eigenvalue weighted by molar-refractivity contribution is -0.126. The number of pyridine rings is 1. The third kappa shape index (κ3) is 6.84. The Morgan fingerprint density at radius 1 is 1.00 bits per heavy atom. The Morgan fingerprint density at radius 2 is 1.70 bits per heavy atom. The fourth-order valence-electron chi connectivity index (χ4n) is 3.63. The third-order valence-electron chi connectivity index (χ3n) is 5.60. The fraction of sp³-hybridized carbons (Fsp3) is 0.321. The first-order chi connectivity index (χ1) is 17.4. The number of methoxy groups -OCH3 is 1. The van der Waals surface area contributed by atoms with E-state index in [1.807, 2.05) is 72.9 Å². The average molecular weight is 506 g/mol. The summed E-state index contributed by atoms with van der Waals surface area (Å²) in [4.78, 5) is 12.7. The summed E-state index contributed by atoms with van der Waals surface area (Å²) in [7, 11) is 1.63. The van der Waals surface area contributed by atoms with Gasteiger partial charge in [-0.05, 0) is 37.6 Å². The number of hydrogen-bond donors (Lipinski definition) is 2. The van der Waals surface area contributed by atoms with Gasteiger partial charge in [-0.2, -0.15) is 0 Å². The van der Waals surface area contributed by atoms with Crippen molar-refractivity contribution < 1.29 is 19.0 Å². The van der Waals surface area contributed by atoms with Crippen molar-refractivity contribution in [2.75, 3.05) is 13.7 Å². The summed E-state index contributed by atoms with van der Waals surface area (Å²) >= 11 is 0. The van der Waals surface area contributed by atoms with Gasteiger partial charge in [-0.1, -0.05) is 56.0 Å². The molecule has 1 atom stereocenters. The standard InChI is InChI=1S/C27H31N5O4.CH4/c1-27(2,28)26(33)29-21(18-35-16-19-10-5-4-6-11-19)24-30-31-25-23(14-9-15-32(24)25)36-17-20-12-7-8-13-22(20)34-3;/h4-15,21H,16-18,28H2,1-3H3,(H,29,33);1H4/t21-;/m1./s1. The highest BCUT2D eigenvalue weighted by Gasteiger charge is 2.28. The van der Waals surface area contributed by atoms with Crippen molar-refractivity contribution in [1.82, 2.24) is 19.9 Å². The van der Waals surface area contributed by atoms with Crippen LogP contribution >= 0.6 is 0 Å². The summed E-state index contributed by atoms with van der Waals surface area (Å²) in [5.41, 5.74) is 7.42. The van der Waals surface area contributed by atoms with Crippen LogP contribution in [0.3, 0.4) is 0 Å². The Labute approximate surface area is 217 Å². The van der Waals surface area contributed by atoms with E-state index < -0.39 is 11.6 Å². The van der Waals surface area contributed by atoms with E-state index in [2.05, 4.69) is 15.5 Å². The number of para-hydroxylation sites is 1. The van der Waals surface area contributed by atoms with Gasteiger partial charge >= 0.3 is 0 Å². The Bertz CT molecular complexity index is 1300. The number of fused-ring (bicyclic) bond motifs is 1. The van der Waals surface area contributed by atoms with Crippen molar-refractivity contribution in [3.05, 3.63) is 89.9 Å². The molecule has 3 N–H and O–H groups in total. The van der Waals surface area contributed by atoms with Crippen LogP contribution in [0.25, 0.3) is 5.65 Å². The van der Waals surface area contributed by atoms with E-state index in [1.165, 1.54) is 0 Å². The Morgan fingerprint density at radius 3 is 2.43 bits per heavy atom. The molecule has 0 aliphatic carbocycles. The summed E-state index contributed by atoms with van der Waals surface area (Å²) in [6, 6.07) is 20.6. The monoisotopic (exact) mass is 505 g/mol. The first-order valence-corrected chi connectivity index (χ1v) is 11.7. The molecule has 4 rings (SSSR count). The van der Waals surface area contributed by atoms with E-state index in [1.54, 1.807) is 25.4 Å². The van der Waals surface area contributed by atoms with Crippen LogP contribution in [0.5, 0.6) is 11.5 Å². The average Bonchev–Trinajstić information content (AvgIpc) is 3.32. The lowest BCUT2D eigenvalue weighted by atomic mass is 10.1. The van der Waals surface area contributed by atoms with Crippen molar-refractivity contribution in [2.24, 2.45) is 5.73 Å². The number of nitrogens with one attached hydrogen (secondary N) is 1. The van der Waals surface area contributed by atoms with Gasteiger partial charge in [0.05, 0.1) is 25.9 Å². The number of carbonyl (C=O) groups excluding carboxylic acids is 1. The molecule has 0 fully saturated rings. The minimum absolute atomic E-state index is 0. The van der Waals surface area contributed by atoms with Gasteiger partial charge in [0.25, 0.3) is 0 Å². The molecule has 0 aliphatic rings. The molecule has 37 heavy (non-hydrogen) atoms. The van der Waals surface area contributed by atoms with Gasteiger partial charge in [-0.3, -0.25) is 9.20 Å². The van der Waals surface area contributed by atoms with E-state index in [9.17, 15) is 4.79 Å². The van der Waals surface area contributed by atoms with E-state index in [0.29, 0.717) is 30.4 Å². The van der Waals surface area contributed by atoms with Crippen molar-refractivity contribution in [3.8, 4) is 11.5 Å². The SMILES string of the molecule is C.COc1ccccc1COc1cccn2c([C@@H](COCc3ccccc3)NC(=O)C(C)(C)N)nnc12. The molecule has 9 heteroatoms. The maximum atomic E-state index is 12.7. The summed E-state index contributed by atoms with van der Waals surface area (Å²) in [6.07, 6.45) is 1.82. The van der Waals surface area contributed by atoms with Crippen molar-refractivity contribution in [3.63, 3.8) is 0 Å². The molecule has 2 aromatic heterocycles. The molecule has 2 aromatic carbocycles. The van der Waals surface area contributed by atoms with Crippen LogP contribution in [0.1, 0.15) is 44.3 Å². The number of nitrogens with two attached hydrogens (primary N) is 1. The van der Waals surface area contributed by atoms with Crippen LogP contribution in [-0.2, 0) is 22.7 Å². The second kappa shape index (κ2) is 12.3. The van der Waals surface area contributed by atoms with E-state index in [-0.39, 0.29) is 19.9 Å². The Hall–Kier alpha value is -3.95. The van der Waals surface area contributed by atoms with Crippen molar-refractivity contribution in [2.45, 2.75) is 46.1 Å². The highest BCUT2D eigenvalue weighted by Crippen LogP contribution is 2.25. The third-order valence-corrected chi connectivity index (χ3v) is 5.60. The second-order valence-electron chi connectivity index (χ2n) is 8.97. The van der Waals surface area contributed by atoms with Gasteiger partial charge < -0.3 is 25.3 Å². The maximum absolute atomic E-state index is 12.7. The molecule has 1 amide bonds. The van der Waals surface area contributed by atoms with Crippen LogP contribution in [0, 0.1) is 0 Å². The zero-order valence-corrected chi connectivity index (χ0v) is 20.7. The topological polar surface area (TPSA) is 113 Å². The van der Waals surface area contributed by atoms with E-state index in [4.69, 9.17) is 19.9 Å². The molecule has 196 valence electrons. The molecule has 0 unspecified atom stereocenters. The van der Waals surface area contributed by atoms with Crippen molar-refractivity contribution in [1.29, 1.82) is 0 Å². The predicted octanol–water partition coefficient (Wildman–Crippen LogP) is 4.06. The van der Waals surface area contributed by atoms with Crippen LogP contribution in [0.15, 0.2) is 72.9 Å². The molecule has 4 aromatic rings. The normalized spacial score (nSPS) is 12.0. The van der Waals surface area contributed by atoms with Gasteiger partial charge in [-0.25, -0.2) is 0 Å². The molecule has 0 spiro atoms. The van der Waals surface area contributed by atoms with Gasteiger partial charge in [0.1, 0.15) is 18.4 Å². The lowest BCUT2D eigenvalue weighted by Crippen LogP contribution is -2.50. The highest BCUT2D eigenvalue weighted by molar-refractivity contribution is 5.85. The van der Waals surface area contributed by atoms with Gasteiger partial charge in [0.2, 0.25) is 11.6 Å². The quantitative estimate of drug-likeness (QED) is 0.316. The second-order valence-corrected chi connectivity index (χ2v) is 8.97. The number of aromatic nitrogens is 3. The smallest absolute Gasteiger partial charge is 0.240 e. The van der Waals surface area contributed by atoms with Gasteiger partial charge in [-0.15, -0.1) is 10.2 Å².